The number of nitrogens with two attached hydrogens (primary N) is 1. The molecule has 0 radical (unpaired) electrons. The van der Waals surface area contributed by atoms with E-state index in [1.165, 1.54) is 16.6 Å². The number of nitrogen functional groups attached to an aromatic ring is 1. The molecule has 0 spiro atoms. The largest absolute Gasteiger partial charge is 0.384 e. The minimum absolute atomic E-state index is 0.00202. The van der Waals surface area contributed by atoms with Gasteiger partial charge in [-0.3, -0.25) is 0 Å². The standard InChI is InChI=1S/C21H18FN3O3S/c22-17-9-13(5-7-15(17)14-6-8-21(23)24-10-14)16-3-1-2-4-20(16)29(26,27)25-11-19-18(25)12-28-19/h1-10,18-19H,11-12H2,(H2,23,24)/t18?,19-/m1/s1. The number of pyridine rings is 1. The van der Waals surface area contributed by atoms with E-state index in [4.69, 9.17) is 10.5 Å². The summed E-state index contributed by atoms with van der Waals surface area (Å²) in [7, 11) is -3.68. The Morgan fingerprint density at radius 1 is 1.07 bits per heavy atom. The third-order valence-electron chi connectivity index (χ3n) is 5.49. The summed E-state index contributed by atoms with van der Waals surface area (Å²) in [6, 6.07) is 14.6. The molecule has 1 aromatic heterocycles. The van der Waals surface area contributed by atoms with Crippen molar-refractivity contribution < 1.29 is 17.5 Å². The Morgan fingerprint density at radius 3 is 2.48 bits per heavy atom. The third-order valence-corrected chi connectivity index (χ3v) is 7.44. The van der Waals surface area contributed by atoms with Crippen LogP contribution >= 0.6 is 0 Å². The Balaban J connectivity index is 1.54. The molecular formula is C21H18FN3O3S. The number of anilines is 1. The Hall–Kier alpha value is -2.81. The van der Waals surface area contributed by atoms with Crippen LogP contribution in [0.15, 0.2) is 65.7 Å². The summed E-state index contributed by atoms with van der Waals surface area (Å²) in [4.78, 5) is 4.17. The second-order valence-electron chi connectivity index (χ2n) is 7.18. The van der Waals surface area contributed by atoms with Crippen LogP contribution in [0, 0.1) is 5.82 Å². The molecule has 29 heavy (non-hydrogen) atoms. The van der Waals surface area contributed by atoms with E-state index >= 15 is 0 Å². The van der Waals surface area contributed by atoms with E-state index in [-0.39, 0.29) is 17.0 Å². The van der Waals surface area contributed by atoms with Crippen LogP contribution in [0.5, 0.6) is 0 Å². The van der Waals surface area contributed by atoms with E-state index in [1.54, 1.807) is 48.5 Å². The van der Waals surface area contributed by atoms with E-state index in [0.717, 1.165) is 0 Å². The number of aromatic nitrogens is 1. The number of fused-ring (bicyclic) bond motifs is 1. The highest BCUT2D eigenvalue weighted by molar-refractivity contribution is 7.89. The Labute approximate surface area is 167 Å². The fourth-order valence-corrected chi connectivity index (χ4v) is 5.61. The van der Waals surface area contributed by atoms with E-state index < -0.39 is 15.8 Å². The number of benzene rings is 2. The van der Waals surface area contributed by atoms with Gasteiger partial charge in [0.25, 0.3) is 0 Å². The van der Waals surface area contributed by atoms with Gasteiger partial charge in [-0.25, -0.2) is 17.8 Å². The quantitative estimate of drug-likeness (QED) is 0.714. The maximum Gasteiger partial charge on any atom is 0.244 e. The van der Waals surface area contributed by atoms with Crippen molar-refractivity contribution in [2.75, 3.05) is 18.9 Å². The lowest BCUT2D eigenvalue weighted by Crippen LogP contribution is -2.71. The van der Waals surface area contributed by atoms with Crippen LogP contribution in [0.4, 0.5) is 10.2 Å². The fraction of sp³-hybridized carbons (Fsp3) is 0.190. The molecule has 0 saturated carbocycles. The zero-order valence-corrected chi connectivity index (χ0v) is 16.1. The van der Waals surface area contributed by atoms with Gasteiger partial charge < -0.3 is 10.5 Å². The van der Waals surface area contributed by atoms with Gasteiger partial charge in [0.1, 0.15) is 11.6 Å². The van der Waals surface area contributed by atoms with Crippen molar-refractivity contribution in [2.24, 2.45) is 0 Å². The first-order valence-corrected chi connectivity index (χ1v) is 10.6. The molecule has 2 atom stereocenters. The predicted molar refractivity (Wildman–Crippen MR) is 107 cm³/mol. The predicted octanol–water partition coefficient (Wildman–Crippen LogP) is 2.91. The molecule has 0 aliphatic carbocycles. The molecule has 148 valence electrons. The number of sulfonamides is 1. The molecule has 2 aliphatic rings. The first kappa shape index (κ1) is 18.2. The monoisotopic (exact) mass is 411 g/mol. The van der Waals surface area contributed by atoms with Crippen molar-refractivity contribution in [3.63, 3.8) is 0 Å². The number of ether oxygens (including phenoxy) is 1. The maximum absolute atomic E-state index is 14.9. The summed E-state index contributed by atoms with van der Waals surface area (Å²) in [5, 5.41) is 0. The van der Waals surface area contributed by atoms with Crippen molar-refractivity contribution in [1.29, 1.82) is 0 Å². The van der Waals surface area contributed by atoms with Gasteiger partial charge in [0.15, 0.2) is 0 Å². The molecule has 1 unspecified atom stereocenters. The lowest BCUT2D eigenvalue weighted by atomic mass is 9.99. The van der Waals surface area contributed by atoms with Gasteiger partial charge >= 0.3 is 0 Å². The summed E-state index contributed by atoms with van der Waals surface area (Å²) in [6.07, 6.45) is 1.51. The smallest absolute Gasteiger partial charge is 0.244 e. The SMILES string of the molecule is Nc1ccc(-c2ccc(-c3ccccc3S(=O)(=O)N3C[C@H]4OCC43)cc2F)cn1. The van der Waals surface area contributed by atoms with E-state index in [1.807, 2.05) is 0 Å². The Kier molecular flexibility index (Phi) is 4.16. The summed E-state index contributed by atoms with van der Waals surface area (Å²) in [5.41, 5.74) is 7.53. The van der Waals surface area contributed by atoms with Gasteiger partial charge in [0.2, 0.25) is 10.0 Å². The van der Waals surface area contributed by atoms with Gasteiger partial charge in [-0.1, -0.05) is 30.3 Å². The van der Waals surface area contributed by atoms with E-state index in [0.29, 0.717) is 41.2 Å². The number of hydrogen-bond acceptors (Lipinski definition) is 5. The van der Waals surface area contributed by atoms with Crippen LogP contribution < -0.4 is 5.73 Å². The average Bonchev–Trinajstić information content (AvgIpc) is 2.70. The number of rotatable bonds is 4. The highest BCUT2D eigenvalue weighted by Gasteiger charge is 2.53. The highest BCUT2D eigenvalue weighted by atomic mass is 32.2. The number of halogens is 1. The molecule has 5 rings (SSSR count). The van der Waals surface area contributed by atoms with Gasteiger partial charge in [-0.05, 0) is 29.8 Å². The zero-order valence-electron chi connectivity index (χ0n) is 15.3. The topological polar surface area (TPSA) is 85.5 Å². The molecule has 2 saturated heterocycles. The van der Waals surface area contributed by atoms with Crippen molar-refractivity contribution in [3.05, 3.63) is 66.6 Å². The van der Waals surface area contributed by atoms with Crippen molar-refractivity contribution in [1.82, 2.24) is 9.29 Å². The van der Waals surface area contributed by atoms with Gasteiger partial charge in [-0.2, -0.15) is 4.31 Å². The van der Waals surface area contributed by atoms with Crippen LogP contribution in [0.3, 0.4) is 0 Å². The summed E-state index contributed by atoms with van der Waals surface area (Å²) in [5.74, 6) is -0.104. The average molecular weight is 411 g/mol. The van der Waals surface area contributed by atoms with Gasteiger partial charge in [0, 0.05) is 29.4 Å². The second-order valence-corrected chi connectivity index (χ2v) is 9.04. The summed E-state index contributed by atoms with van der Waals surface area (Å²) >= 11 is 0. The molecule has 6 nitrogen and oxygen atoms in total. The molecule has 3 aromatic rings. The summed E-state index contributed by atoms with van der Waals surface area (Å²) < 4.78 is 48.0. The summed E-state index contributed by atoms with van der Waals surface area (Å²) in [6.45, 7) is 0.782. The van der Waals surface area contributed by atoms with Gasteiger partial charge in [-0.15, -0.1) is 0 Å². The third kappa shape index (κ3) is 2.91. The minimum Gasteiger partial charge on any atom is -0.384 e. The van der Waals surface area contributed by atoms with Crippen LogP contribution in [0.25, 0.3) is 22.3 Å². The van der Waals surface area contributed by atoms with Crippen LogP contribution in [0.1, 0.15) is 0 Å². The normalized spacial score (nSPS) is 21.1. The van der Waals surface area contributed by atoms with Crippen molar-refractivity contribution >= 4 is 15.8 Å². The molecule has 3 heterocycles. The molecule has 2 aromatic carbocycles. The molecule has 2 N–H and O–H groups in total. The lowest BCUT2D eigenvalue weighted by molar-refractivity contribution is -0.181. The number of morpholine rings is 1. The fourth-order valence-electron chi connectivity index (χ4n) is 3.75. The van der Waals surface area contributed by atoms with Gasteiger partial charge in [0.05, 0.1) is 23.6 Å². The highest BCUT2D eigenvalue weighted by Crippen LogP contribution is 2.38. The van der Waals surface area contributed by atoms with Crippen molar-refractivity contribution in [3.8, 4) is 22.3 Å². The van der Waals surface area contributed by atoms with E-state index in [2.05, 4.69) is 4.98 Å². The lowest BCUT2D eigenvalue weighted by Gasteiger charge is -2.53. The molecular weight excluding hydrogens is 393 g/mol. The van der Waals surface area contributed by atoms with E-state index in [9.17, 15) is 12.8 Å². The van der Waals surface area contributed by atoms with Crippen molar-refractivity contribution in [2.45, 2.75) is 17.0 Å². The molecule has 2 aliphatic heterocycles. The Morgan fingerprint density at radius 2 is 1.86 bits per heavy atom. The molecule has 0 amide bonds. The molecule has 2 fully saturated rings. The van der Waals surface area contributed by atoms with Crippen LogP contribution in [0.2, 0.25) is 0 Å². The first-order valence-electron chi connectivity index (χ1n) is 9.19. The second kappa shape index (κ2) is 6.62. The van der Waals surface area contributed by atoms with Crippen LogP contribution in [-0.4, -0.2) is 43.0 Å². The molecule has 0 bridgehead atoms. The molecule has 8 heteroatoms. The minimum atomic E-state index is -3.68. The number of hydrogen-bond donors (Lipinski definition) is 1. The zero-order chi connectivity index (χ0) is 20.2. The van der Waals surface area contributed by atoms with Crippen LogP contribution in [-0.2, 0) is 14.8 Å². The maximum atomic E-state index is 14.9. The number of nitrogens with zero attached hydrogens (tertiary/aromatic N) is 2. The Bertz CT molecular complexity index is 1200. The first-order chi connectivity index (χ1) is 13.9.